The number of hydrogen-bond donors (Lipinski definition) is 0. The van der Waals surface area contributed by atoms with Crippen molar-refractivity contribution < 1.29 is 23.0 Å². The van der Waals surface area contributed by atoms with Gasteiger partial charge in [-0.05, 0) is 52.2 Å². The Morgan fingerprint density at radius 3 is 2.39 bits per heavy atom. The lowest BCUT2D eigenvalue weighted by Crippen LogP contribution is -2.28. The Labute approximate surface area is 137 Å². The van der Waals surface area contributed by atoms with Crippen LogP contribution in [-0.4, -0.2) is 24.8 Å². The monoisotopic (exact) mass is 328 g/mol. The summed E-state index contributed by atoms with van der Waals surface area (Å²) in [5.74, 6) is -2.62. The van der Waals surface area contributed by atoms with Crippen LogP contribution in [0.3, 0.4) is 0 Å². The van der Waals surface area contributed by atoms with E-state index in [9.17, 15) is 13.6 Å². The summed E-state index contributed by atoms with van der Waals surface area (Å²) in [6.45, 7) is 9.78. The predicted octanol–water partition coefficient (Wildman–Crippen LogP) is 4.38. The van der Waals surface area contributed by atoms with Crippen LogP contribution in [0.1, 0.15) is 58.1 Å². The molecule has 5 heteroatoms. The van der Waals surface area contributed by atoms with Crippen LogP contribution in [-0.2, 0) is 20.7 Å². The Morgan fingerprint density at radius 1 is 1.22 bits per heavy atom. The minimum atomic E-state index is -0.758. The molecular weight excluding hydrogens is 302 g/mol. The summed E-state index contributed by atoms with van der Waals surface area (Å²) < 4.78 is 38.6. The molecule has 1 aromatic carbocycles. The van der Waals surface area contributed by atoms with Crippen molar-refractivity contribution in [2.24, 2.45) is 0 Å². The third-order valence-corrected chi connectivity index (χ3v) is 3.35. The van der Waals surface area contributed by atoms with E-state index >= 15 is 0 Å². The second-order valence-electron chi connectivity index (χ2n) is 6.40. The summed E-state index contributed by atoms with van der Waals surface area (Å²) in [5, 5.41) is 0. The maximum absolute atomic E-state index is 14.4. The third-order valence-electron chi connectivity index (χ3n) is 3.35. The summed E-state index contributed by atoms with van der Waals surface area (Å²) >= 11 is 0. The Morgan fingerprint density at radius 2 is 1.87 bits per heavy atom. The number of halogens is 2. The molecule has 0 saturated carbocycles. The fraction of sp³-hybridized carbons (Fsp3) is 0.611. The number of rotatable bonds is 7. The number of hydrogen-bond acceptors (Lipinski definition) is 3. The summed E-state index contributed by atoms with van der Waals surface area (Å²) in [6.07, 6.45) is 0.719. The van der Waals surface area contributed by atoms with Gasteiger partial charge in [-0.15, -0.1) is 0 Å². The third kappa shape index (κ3) is 5.90. The normalized spacial score (nSPS) is 13.0. The molecule has 1 atom stereocenters. The molecule has 0 heterocycles. The van der Waals surface area contributed by atoms with Gasteiger partial charge < -0.3 is 9.47 Å². The van der Waals surface area contributed by atoms with Crippen molar-refractivity contribution in [3.05, 3.63) is 34.9 Å². The van der Waals surface area contributed by atoms with Crippen molar-refractivity contribution >= 4 is 5.97 Å². The van der Waals surface area contributed by atoms with Crippen molar-refractivity contribution in [3.63, 3.8) is 0 Å². The van der Waals surface area contributed by atoms with Crippen LogP contribution in [0.5, 0.6) is 0 Å². The molecule has 0 aliphatic carbocycles. The molecule has 0 aliphatic heterocycles. The number of ether oxygens (including phenoxy) is 2. The van der Waals surface area contributed by atoms with Gasteiger partial charge in [0.1, 0.15) is 17.2 Å². The van der Waals surface area contributed by atoms with Crippen LogP contribution in [0.2, 0.25) is 0 Å². The van der Waals surface area contributed by atoms with E-state index in [0.29, 0.717) is 31.6 Å². The number of carbonyl (C=O) groups is 1. The molecule has 0 radical (unpaired) electrons. The molecule has 130 valence electrons. The van der Waals surface area contributed by atoms with Gasteiger partial charge in [0.2, 0.25) is 0 Å². The molecule has 0 amide bonds. The van der Waals surface area contributed by atoms with Crippen molar-refractivity contribution in [2.75, 3.05) is 13.2 Å². The van der Waals surface area contributed by atoms with Crippen LogP contribution in [0.15, 0.2) is 12.1 Å². The maximum atomic E-state index is 14.4. The van der Waals surface area contributed by atoms with Crippen molar-refractivity contribution in [2.45, 2.75) is 59.0 Å². The highest BCUT2D eigenvalue weighted by Gasteiger charge is 2.29. The van der Waals surface area contributed by atoms with E-state index in [-0.39, 0.29) is 5.56 Å². The zero-order chi connectivity index (χ0) is 17.6. The number of esters is 1. The number of benzene rings is 1. The smallest absolute Gasteiger partial charge is 0.314 e. The van der Waals surface area contributed by atoms with Gasteiger partial charge in [0.05, 0.1) is 12.5 Å². The predicted molar refractivity (Wildman–Crippen MR) is 85.4 cm³/mol. The molecule has 0 spiro atoms. The first-order valence-corrected chi connectivity index (χ1v) is 7.98. The van der Waals surface area contributed by atoms with Crippen LogP contribution in [0.4, 0.5) is 8.78 Å². The largest absolute Gasteiger partial charge is 0.459 e. The molecule has 1 unspecified atom stereocenters. The van der Waals surface area contributed by atoms with Gasteiger partial charge in [-0.2, -0.15) is 0 Å². The fourth-order valence-electron chi connectivity index (χ4n) is 2.42. The lowest BCUT2D eigenvalue weighted by atomic mass is 9.90. The summed E-state index contributed by atoms with van der Waals surface area (Å²) in [6, 6.07) is 2.08. The quantitative estimate of drug-likeness (QED) is 0.550. The highest BCUT2D eigenvalue weighted by atomic mass is 19.1. The summed E-state index contributed by atoms with van der Waals surface area (Å²) in [4.78, 5) is 12.4. The Hall–Kier alpha value is -1.49. The molecule has 0 N–H and O–H groups in total. The molecule has 23 heavy (non-hydrogen) atoms. The van der Waals surface area contributed by atoms with E-state index in [1.54, 1.807) is 27.7 Å². The second-order valence-corrected chi connectivity index (χ2v) is 6.40. The molecule has 0 saturated heterocycles. The van der Waals surface area contributed by atoms with Gasteiger partial charge in [0.15, 0.2) is 0 Å². The first kappa shape index (κ1) is 19.6. The maximum Gasteiger partial charge on any atom is 0.314 e. The van der Waals surface area contributed by atoms with Gasteiger partial charge in [-0.1, -0.05) is 6.92 Å². The lowest BCUT2D eigenvalue weighted by molar-refractivity contribution is -0.157. The minimum absolute atomic E-state index is 0.211. The first-order valence-electron chi connectivity index (χ1n) is 7.98. The standard InChI is InChI=1S/C18H26F2O3/c1-6-14(17(21)23-18(3,4)5)16-12(8-9-22-7-2)10-13(19)11-15(16)20/h10-11,14H,6-9H2,1-5H3. The van der Waals surface area contributed by atoms with E-state index in [1.807, 2.05) is 6.92 Å². The van der Waals surface area contributed by atoms with Crippen molar-refractivity contribution in [1.82, 2.24) is 0 Å². The first-order chi connectivity index (χ1) is 10.7. The zero-order valence-electron chi connectivity index (χ0n) is 14.5. The van der Waals surface area contributed by atoms with Crippen molar-refractivity contribution in [1.29, 1.82) is 0 Å². The summed E-state index contributed by atoms with van der Waals surface area (Å²) in [7, 11) is 0. The van der Waals surface area contributed by atoms with E-state index < -0.39 is 29.1 Å². The average Bonchev–Trinajstić information content (AvgIpc) is 2.40. The Balaban J connectivity index is 3.17. The molecule has 1 rings (SSSR count). The van der Waals surface area contributed by atoms with Gasteiger partial charge in [-0.3, -0.25) is 4.79 Å². The minimum Gasteiger partial charge on any atom is -0.459 e. The van der Waals surface area contributed by atoms with E-state index in [2.05, 4.69) is 0 Å². The van der Waals surface area contributed by atoms with Crippen LogP contribution in [0, 0.1) is 11.6 Å². The molecule has 3 nitrogen and oxygen atoms in total. The molecular formula is C18H26F2O3. The van der Waals surface area contributed by atoms with Crippen molar-refractivity contribution in [3.8, 4) is 0 Å². The average molecular weight is 328 g/mol. The van der Waals surface area contributed by atoms with Crippen LogP contribution in [0.25, 0.3) is 0 Å². The van der Waals surface area contributed by atoms with Crippen LogP contribution >= 0.6 is 0 Å². The topological polar surface area (TPSA) is 35.5 Å². The fourth-order valence-corrected chi connectivity index (χ4v) is 2.42. The molecule has 0 aromatic heterocycles. The van der Waals surface area contributed by atoms with Gasteiger partial charge in [0.25, 0.3) is 0 Å². The van der Waals surface area contributed by atoms with Gasteiger partial charge in [0, 0.05) is 18.2 Å². The Bertz CT molecular complexity index is 536. The highest BCUT2D eigenvalue weighted by Crippen LogP contribution is 2.30. The van der Waals surface area contributed by atoms with Gasteiger partial charge >= 0.3 is 5.97 Å². The summed E-state index contributed by atoms with van der Waals surface area (Å²) in [5.41, 5.74) is 0.00321. The lowest BCUT2D eigenvalue weighted by Gasteiger charge is -2.25. The van der Waals surface area contributed by atoms with Gasteiger partial charge in [-0.25, -0.2) is 8.78 Å². The SMILES string of the molecule is CCOCCc1cc(F)cc(F)c1C(CC)C(=O)OC(C)(C)C. The molecule has 0 aliphatic rings. The van der Waals surface area contributed by atoms with E-state index in [0.717, 1.165) is 6.07 Å². The number of carbonyl (C=O) groups excluding carboxylic acids is 1. The Kier molecular flexibility index (Phi) is 7.13. The highest BCUT2D eigenvalue weighted by molar-refractivity contribution is 5.79. The molecule has 0 bridgehead atoms. The van der Waals surface area contributed by atoms with E-state index in [4.69, 9.17) is 9.47 Å². The molecule has 0 fully saturated rings. The second kappa shape index (κ2) is 8.39. The van der Waals surface area contributed by atoms with E-state index in [1.165, 1.54) is 6.07 Å². The zero-order valence-corrected chi connectivity index (χ0v) is 14.5. The van der Waals surface area contributed by atoms with Crippen LogP contribution < -0.4 is 0 Å². The molecule has 1 aromatic rings.